The first-order valence-electron chi connectivity index (χ1n) is 12.7. The number of benzene rings is 1. The Kier molecular flexibility index (Phi) is 14.5. The van der Waals surface area contributed by atoms with E-state index < -0.39 is 60.2 Å². The van der Waals surface area contributed by atoms with Crippen molar-refractivity contribution >= 4 is 57.6 Å². The van der Waals surface area contributed by atoms with Gasteiger partial charge in [-0.1, -0.05) is 39.8 Å². The minimum absolute atomic E-state index is 0.0153. The number of hydrogen-bond donors (Lipinski definition) is 5. The molecule has 1 aliphatic rings. The first kappa shape index (κ1) is 34.7. The summed E-state index contributed by atoms with van der Waals surface area (Å²) < 4.78 is 19.5. The average Bonchev–Trinajstić information content (AvgIpc) is 2.96. The summed E-state index contributed by atoms with van der Waals surface area (Å²) in [5, 5.41) is 22.2. The molecule has 1 heterocycles. The summed E-state index contributed by atoms with van der Waals surface area (Å²) in [4.78, 5) is 72.5. The number of aldehydes is 1. The number of methoxy groups -OCH3 is 1. The molecule has 4 unspecified atom stereocenters. The van der Waals surface area contributed by atoms with Gasteiger partial charge in [0.1, 0.15) is 36.8 Å². The molecule has 16 heteroatoms. The molecule has 0 aliphatic carbocycles. The van der Waals surface area contributed by atoms with Crippen LogP contribution in [0.5, 0.6) is 0 Å². The van der Waals surface area contributed by atoms with Crippen molar-refractivity contribution in [3.05, 3.63) is 47.3 Å². The van der Waals surface area contributed by atoms with Crippen LogP contribution in [0.1, 0.15) is 30.9 Å². The molecule has 1 saturated heterocycles. The number of carbonyl (C=O) groups is 6. The number of nitrogens with one attached hydrogen (secondary N) is 2. The third kappa shape index (κ3) is 10.7. The third-order valence-electron chi connectivity index (χ3n) is 6.23. The second-order valence-corrected chi connectivity index (χ2v) is 11.8. The molecule has 0 bridgehead atoms. The highest BCUT2D eigenvalue weighted by Gasteiger charge is 2.36. The van der Waals surface area contributed by atoms with Gasteiger partial charge in [-0.25, -0.2) is 9.18 Å². The van der Waals surface area contributed by atoms with E-state index in [4.69, 9.17) is 20.7 Å². The maximum atomic E-state index is 14.6. The molecule has 0 radical (unpaired) electrons. The molecule has 0 saturated carbocycles. The number of likely N-dealkylation sites (tertiary alicyclic amines) is 1. The van der Waals surface area contributed by atoms with E-state index in [1.54, 1.807) is 11.0 Å². The van der Waals surface area contributed by atoms with Gasteiger partial charge >= 0.3 is 17.9 Å². The van der Waals surface area contributed by atoms with E-state index in [1.807, 2.05) is 0 Å². The molecule has 1 aliphatic heterocycles. The molecule has 230 valence electrons. The molecule has 6 N–H and O–H groups in total. The predicted molar refractivity (Wildman–Crippen MR) is 153 cm³/mol. The van der Waals surface area contributed by atoms with Crippen molar-refractivity contribution in [3.63, 3.8) is 0 Å². The SMILES string of the molecule is COC(=O)C(c1ccccc1F)N1CCC(SSCC(NC(=O)CCC(N)C(=O)O)C(=O)NCC(=O)O)/C(=C\C=O)C1. The highest BCUT2D eigenvalue weighted by Crippen LogP contribution is 2.39. The van der Waals surface area contributed by atoms with Gasteiger partial charge < -0.3 is 31.3 Å². The number of carboxylic acids is 2. The van der Waals surface area contributed by atoms with Gasteiger partial charge in [-0.3, -0.25) is 28.9 Å². The van der Waals surface area contributed by atoms with E-state index in [0.717, 1.165) is 0 Å². The fourth-order valence-corrected chi connectivity index (χ4v) is 6.97. The van der Waals surface area contributed by atoms with Gasteiger partial charge in [0.25, 0.3) is 0 Å². The van der Waals surface area contributed by atoms with Crippen LogP contribution in [0.4, 0.5) is 4.39 Å². The molecule has 2 amide bonds. The second-order valence-electron chi connectivity index (χ2n) is 9.17. The molecule has 13 nitrogen and oxygen atoms in total. The maximum absolute atomic E-state index is 14.6. The summed E-state index contributed by atoms with van der Waals surface area (Å²) in [7, 11) is 3.73. The number of amides is 2. The monoisotopic (exact) mass is 628 g/mol. The molecular weight excluding hydrogens is 595 g/mol. The van der Waals surface area contributed by atoms with Crippen LogP contribution in [0.15, 0.2) is 35.9 Å². The van der Waals surface area contributed by atoms with Gasteiger partial charge in [-0.05, 0) is 30.6 Å². The van der Waals surface area contributed by atoms with Crippen molar-refractivity contribution < 1.29 is 48.1 Å². The van der Waals surface area contributed by atoms with Gasteiger partial charge in [0.2, 0.25) is 11.8 Å². The van der Waals surface area contributed by atoms with Crippen LogP contribution in [0.2, 0.25) is 0 Å². The summed E-state index contributed by atoms with van der Waals surface area (Å²) in [6, 6.07) is 2.43. The van der Waals surface area contributed by atoms with E-state index in [0.29, 0.717) is 24.8 Å². The zero-order valence-electron chi connectivity index (χ0n) is 22.7. The largest absolute Gasteiger partial charge is 0.480 e. The Balaban J connectivity index is 2.08. The minimum atomic E-state index is -1.28. The summed E-state index contributed by atoms with van der Waals surface area (Å²) >= 11 is 0. The number of allylic oxidation sites excluding steroid dienone is 1. The van der Waals surface area contributed by atoms with Crippen molar-refractivity contribution in [1.82, 2.24) is 15.5 Å². The maximum Gasteiger partial charge on any atom is 0.327 e. The molecule has 1 aromatic rings. The second kappa shape index (κ2) is 17.5. The Morgan fingerprint density at radius 1 is 1.24 bits per heavy atom. The molecule has 1 aromatic carbocycles. The lowest BCUT2D eigenvalue weighted by molar-refractivity contribution is -0.147. The van der Waals surface area contributed by atoms with Gasteiger partial charge in [-0.15, -0.1) is 0 Å². The number of halogens is 1. The summed E-state index contributed by atoms with van der Waals surface area (Å²) in [6.07, 6.45) is 2.00. The van der Waals surface area contributed by atoms with Gasteiger partial charge in [0.05, 0.1) is 7.11 Å². The molecule has 1 fully saturated rings. The minimum Gasteiger partial charge on any atom is -0.480 e. The number of hydrogen-bond acceptors (Lipinski definition) is 11. The van der Waals surface area contributed by atoms with Crippen LogP contribution in [0.25, 0.3) is 0 Å². The lowest BCUT2D eigenvalue weighted by Gasteiger charge is -2.37. The molecule has 0 aromatic heterocycles. The standard InChI is InChI=1S/C26H33FN4O9S2/c1-40-26(39)23(16-4-2-3-5-17(16)27)31-10-8-20(15(13-31)9-11-32)42-41-14-19(24(36)29-12-22(34)35)30-21(33)7-6-18(28)25(37)38/h2-5,9,11,18-20,23H,6-8,10,12-14,28H2,1H3,(H,29,36)(H,30,33)(H,34,35)(H,37,38)/b15-9-. The number of esters is 1. The first-order chi connectivity index (χ1) is 20.0. The van der Waals surface area contributed by atoms with Crippen LogP contribution in [-0.4, -0.2) is 101 Å². The Morgan fingerprint density at radius 3 is 2.57 bits per heavy atom. The number of carbonyl (C=O) groups excluding carboxylic acids is 4. The number of carboxylic acid groups (broad SMARTS) is 2. The average molecular weight is 629 g/mol. The Labute approximate surface area is 249 Å². The molecule has 42 heavy (non-hydrogen) atoms. The number of aliphatic carboxylic acids is 2. The lowest BCUT2D eigenvalue weighted by Crippen LogP contribution is -2.49. The van der Waals surface area contributed by atoms with Gasteiger partial charge in [0, 0.05) is 36.1 Å². The fourth-order valence-electron chi connectivity index (χ4n) is 4.08. The number of nitrogens with two attached hydrogens (primary N) is 1. The number of rotatable bonds is 16. The molecule has 2 rings (SSSR count). The fraction of sp³-hybridized carbons (Fsp3) is 0.462. The highest BCUT2D eigenvalue weighted by molar-refractivity contribution is 8.77. The Bertz CT molecular complexity index is 1190. The smallest absolute Gasteiger partial charge is 0.327 e. The number of ether oxygens (including phenoxy) is 1. The van der Waals surface area contributed by atoms with E-state index in [-0.39, 0.29) is 36.0 Å². The zero-order valence-corrected chi connectivity index (χ0v) is 24.3. The number of nitrogens with zero attached hydrogens (tertiary/aromatic N) is 1. The Morgan fingerprint density at radius 2 is 1.95 bits per heavy atom. The zero-order chi connectivity index (χ0) is 31.2. The molecule has 4 atom stereocenters. The van der Waals surface area contributed by atoms with Gasteiger partial charge in [0.15, 0.2) is 0 Å². The first-order valence-corrected chi connectivity index (χ1v) is 15.1. The van der Waals surface area contributed by atoms with Crippen LogP contribution < -0.4 is 16.4 Å². The third-order valence-corrected chi connectivity index (χ3v) is 9.12. The topological polar surface area (TPSA) is 205 Å². The molecule has 0 spiro atoms. The van der Waals surface area contributed by atoms with Crippen molar-refractivity contribution in [2.24, 2.45) is 5.73 Å². The van der Waals surface area contributed by atoms with E-state index in [2.05, 4.69) is 10.6 Å². The number of piperidine rings is 1. The van der Waals surface area contributed by atoms with E-state index in [1.165, 1.54) is 53.0 Å². The summed E-state index contributed by atoms with van der Waals surface area (Å²) in [5.74, 6) is -5.14. The van der Waals surface area contributed by atoms with E-state index in [9.17, 15) is 33.2 Å². The van der Waals surface area contributed by atoms with Crippen molar-refractivity contribution in [1.29, 1.82) is 0 Å². The van der Waals surface area contributed by atoms with Gasteiger partial charge in [-0.2, -0.15) is 0 Å². The molecular formula is C26H33FN4O9S2. The summed E-state index contributed by atoms with van der Waals surface area (Å²) in [6.45, 7) is -0.152. The normalized spacial score (nSPS) is 18.4. The van der Waals surface area contributed by atoms with Crippen LogP contribution >= 0.6 is 21.6 Å². The van der Waals surface area contributed by atoms with E-state index >= 15 is 0 Å². The van der Waals surface area contributed by atoms with Crippen LogP contribution in [0, 0.1) is 5.82 Å². The highest BCUT2D eigenvalue weighted by atomic mass is 33.1. The Hall–Kier alpha value is -3.47. The van der Waals surface area contributed by atoms with Crippen molar-refractivity contribution in [3.8, 4) is 0 Å². The quantitative estimate of drug-likeness (QED) is 0.0733. The van der Waals surface area contributed by atoms with Crippen LogP contribution in [0.3, 0.4) is 0 Å². The predicted octanol–water partition coefficient (Wildman–Crippen LogP) is 0.499. The van der Waals surface area contributed by atoms with Crippen molar-refractivity contribution in [2.45, 2.75) is 42.6 Å². The van der Waals surface area contributed by atoms with Crippen molar-refractivity contribution in [2.75, 3.05) is 32.5 Å². The lowest BCUT2D eigenvalue weighted by atomic mass is 9.98. The van der Waals surface area contributed by atoms with Crippen LogP contribution in [-0.2, 0) is 33.5 Å². The summed E-state index contributed by atoms with van der Waals surface area (Å²) in [5.41, 5.74) is 6.22.